The molecule has 0 spiro atoms. The van der Waals surface area contributed by atoms with E-state index >= 15 is 0 Å². The molecule has 3 heterocycles. The molecule has 0 radical (unpaired) electrons. The van der Waals surface area contributed by atoms with Gasteiger partial charge in [-0.05, 0) is 67.6 Å². The van der Waals surface area contributed by atoms with E-state index in [1.165, 1.54) is 17.7 Å². The molecule has 1 unspecified atom stereocenters. The van der Waals surface area contributed by atoms with Crippen LogP contribution in [0, 0.1) is 0 Å². The summed E-state index contributed by atoms with van der Waals surface area (Å²) in [5.74, 6) is 2.80. The molecule has 29 heavy (non-hydrogen) atoms. The molecule has 4 nitrogen and oxygen atoms in total. The second-order valence-corrected chi connectivity index (χ2v) is 9.18. The Hall–Kier alpha value is -2.28. The molecule has 3 aliphatic heterocycles. The maximum atomic E-state index is 12.7. The van der Waals surface area contributed by atoms with Crippen LogP contribution in [-0.4, -0.2) is 33.3 Å². The fourth-order valence-corrected chi connectivity index (χ4v) is 5.82. The summed E-state index contributed by atoms with van der Waals surface area (Å²) in [4.78, 5) is 2.38. The Labute approximate surface area is 171 Å². The molecular weight excluding hydrogens is 394 g/mol. The predicted molar refractivity (Wildman–Crippen MR) is 109 cm³/mol. The van der Waals surface area contributed by atoms with Crippen LogP contribution >= 0.6 is 0 Å². The van der Waals surface area contributed by atoms with Crippen molar-refractivity contribution in [2.24, 2.45) is 4.40 Å². The third-order valence-electron chi connectivity index (χ3n) is 6.42. The molecule has 152 valence electrons. The quantitative estimate of drug-likeness (QED) is 0.705. The second kappa shape index (κ2) is 7.20. The first-order valence-electron chi connectivity index (χ1n) is 9.96. The van der Waals surface area contributed by atoms with Gasteiger partial charge >= 0.3 is 0 Å². The number of nitrogens with zero attached hydrogens (tertiary/aromatic N) is 2. The van der Waals surface area contributed by atoms with Crippen LogP contribution in [0.1, 0.15) is 43.2 Å². The van der Waals surface area contributed by atoms with Crippen LogP contribution in [0.5, 0.6) is 11.5 Å². The molecular formula is C22H22F2N2O2S. The first-order valence-corrected chi connectivity index (χ1v) is 11.2. The van der Waals surface area contributed by atoms with Gasteiger partial charge < -0.3 is 9.64 Å². The first-order chi connectivity index (χ1) is 14.0. The third kappa shape index (κ3) is 3.25. The van der Waals surface area contributed by atoms with E-state index in [1.54, 1.807) is 12.1 Å². The van der Waals surface area contributed by atoms with Gasteiger partial charge in [-0.25, -0.2) is 13.0 Å². The van der Waals surface area contributed by atoms with Gasteiger partial charge in [0, 0.05) is 18.2 Å². The molecule has 1 atom stereocenters. The number of ether oxygens (including phenoxy) is 1. The van der Waals surface area contributed by atoms with Crippen molar-refractivity contribution in [2.75, 3.05) is 12.3 Å². The molecule has 2 aromatic carbocycles. The maximum absolute atomic E-state index is 12.7. The number of halogens is 2. The highest BCUT2D eigenvalue weighted by molar-refractivity contribution is 7.83. The van der Waals surface area contributed by atoms with Gasteiger partial charge in [-0.2, -0.15) is 4.40 Å². The standard InChI is InChI=1S/C22H22F2N2O2S/c23-20(24)15-1-5-18(6-2-15)28-19-7-3-16(4-8-19)22-11-9-17(10-12-22)26-13-14-29(27)25-21(22)26/h1-8,17,20H,9-14H2. The van der Waals surface area contributed by atoms with E-state index in [0.29, 0.717) is 23.3 Å². The van der Waals surface area contributed by atoms with E-state index in [0.717, 1.165) is 38.1 Å². The number of fused-ring (bicyclic) bond motifs is 2. The molecule has 4 aliphatic rings. The van der Waals surface area contributed by atoms with Crippen LogP contribution in [0.4, 0.5) is 8.78 Å². The Morgan fingerprint density at radius 1 is 1.03 bits per heavy atom. The summed E-state index contributed by atoms with van der Waals surface area (Å²) in [6, 6.07) is 14.4. The van der Waals surface area contributed by atoms with Crippen LogP contribution in [0.25, 0.3) is 0 Å². The minimum Gasteiger partial charge on any atom is -0.457 e. The zero-order valence-corrected chi connectivity index (χ0v) is 16.7. The SMILES string of the molecule is O=S1CCN2C(=N1)C1(c3ccc(Oc4ccc(C(F)F)cc4)cc3)CCC2CC1. The molecule has 7 heteroatoms. The Morgan fingerprint density at radius 3 is 2.28 bits per heavy atom. The number of benzene rings is 2. The molecule has 2 saturated heterocycles. The van der Waals surface area contributed by atoms with Gasteiger partial charge in [0.15, 0.2) is 0 Å². The molecule has 0 aromatic heterocycles. The number of piperidine rings is 2. The Bertz CT molecular complexity index is 952. The summed E-state index contributed by atoms with van der Waals surface area (Å²) in [5.41, 5.74) is 0.996. The molecule has 6 rings (SSSR count). The lowest BCUT2D eigenvalue weighted by Gasteiger charge is -2.55. The van der Waals surface area contributed by atoms with E-state index in [4.69, 9.17) is 4.74 Å². The smallest absolute Gasteiger partial charge is 0.263 e. The van der Waals surface area contributed by atoms with Gasteiger partial charge in [0.05, 0.1) is 11.2 Å². The molecule has 2 aromatic rings. The minimum absolute atomic E-state index is 0.0186. The highest BCUT2D eigenvalue weighted by Gasteiger charge is 2.51. The van der Waals surface area contributed by atoms with Crippen molar-refractivity contribution in [3.05, 3.63) is 59.7 Å². The fourth-order valence-electron chi connectivity index (χ4n) is 4.90. The molecule has 3 fully saturated rings. The summed E-state index contributed by atoms with van der Waals surface area (Å²) >= 11 is 0. The molecule has 2 bridgehead atoms. The van der Waals surface area contributed by atoms with Gasteiger partial charge in [-0.1, -0.05) is 12.1 Å². The molecule has 1 aliphatic carbocycles. The van der Waals surface area contributed by atoms with Gasteiger partial charge in [0.1, 0.15) is 28.3 Å². The van der Waals surface area contributed by atoms with Crippen LogP contribution in [0.15, 0.2) is 52.9 Å². The highest BCUT2D eigenvalue weighted by atomic mass is 32.2. The van der Waals surface area contributed by atoms with Crippen LogP contribution in [0.3, 0.4) is 0 Å². The summed E-state index contributed by atoms with van der Waals surface area (Å²) in [5, 5.41) is 0. The second-order valence-electron chi connectivity index (χ2n) is 7.94. The van der Waals surface area contributed by atoms with E-state index in [1.807, 2.05) is 12.1 Å². The van der Waals surface area contributed by atoms with Crippen molar-refractivity contribution >= 4 is 16.8 Å². The lowest BCUT2D eigenvalue weighted by molar-refractivity contribution is 0.151. The van der Waals surface area contributed by atoms with E-state index in [-0.39, 0.29) is 11.0 Å². The lowest BCUT2D eigenvalue weighted by Crippen LogP contribution is -2.62. The third-order valence-corrected chi connectivity index (χ3v) is 7.33. The van der Waals surface area contributed by atoms with Crippen LogP contribution in [-0.2, 0) is 16.4 Å². The summed E-state index contributed by atoms with van der Waals surface area (Å²) in [6.07, 6.45) is 1.85. The number of hydrogen-bond donors (Lipinski definition) is 0. The molecule has 0 N–H and O–H groups in total. The summed E-state index contributed by atoms with van der Waals surface area (Å²) < 4.78 is 47.9. The van der Waals surface area contributed by atoms with Gasteiger partial charge in [-0.15, -0.1) is 0 Å². The largest absolute Gasteiger partial charge is 0.457 e. The van der Waals surface area contributed by atoms with Gasteiger partial charge in [-0.3, -0.25) is 0 Å². The lowest BCUT2D eigenvalue weighted by atomic mass is 9.63. The number of amidine groups is 1. The van der Waals surface area contributed by atoms with Gasteiger partial charge in [0.25, 0.3) is 6.43 Å². The van der Waals surface area contributed by atoms with Crippen molar-refractivity contribution < 1.29 is 17.7 Å². The monoisotopic (exact) mass is 416 g/mol. The van der Waals surface area contributed by atoms with Crippen molar-refractivity contribution in [1.82, 2.24) is 4.90 Å². The average molecular weight is 416 g/mol. The van der Waals surface area contributed by atoms with E-state index < -0.39 is 17.4 Å². The van der Waals surface area contributed by atoms with E-state index in [9.17, 15) is 13.0 Å². The topological polar surface area (TPSA) is 41.9 Å². The molecule has 0 amide bonds. The summed E-state index contributed by atoms with van der Waals surface area (Å²) in [7, 11) is -1.13. The predicted octanol–water partition coefficient (Wildman–Crippen LogP) is 4.99. The molecule has 1 saturated carbocycles. The number of rotatable bonds is 4. The van der Waals surface area contributed by atoms with Crippen molar-refractivity contribution in [1.29, 1.82) is 0 Å². The summed E-state index contributed by atoms with van der Waals surface area (Å²) in [6.45, 7) is 0.827. The van der Waals surface area contributed by atoms with Crippen molar-refractivity contribution in [2.45, 2.75) is 43.6 Å². The Kier molecular flexibility index (Phi) is 4.65. The average Bonchev–Trinajstić information content (AvgIpc) is 2.75. The minimum atomic E-state index is -2.48. The van der Waals surface area contributed by atoms with Crippen LogP contribution in [0.2, 0.25) is 0 Å². The normalized spacial score (nSPS) is 28.2. The van der Waals surface area contributed by atoms with E-state index in [2.05, 4.69) is 21.4 Å². The van der Waals surface area contributed by atoms with Crippen LogP contribution < -0.4 is 4.74 Å². The van der Waals surface area contributed by atoms with Gasteiger partial charge in [0.2, 0.25) is 0 Å². The number of hydrogen-bond acceptors (Lipinski definition) is 3. The Balaban J connectivity index is 1.40. The fraction of sp³-hybridized carbons (Fsp3) is 0.409. The van der Waals surface area contributed by atoms with Crippen molar-refractivity contribution in [3.8, 4) is 11.5 Å². The highest BCUT2D eigenvalue weighted by Crippen LogP contribution is 2.49. The zero-order chi connectivity index (χ0) is 20.0. The first kappa shape index (κ1) is 18.7. The van der Waals surface area contributed by atoms with Crippen molar-refractivity contribution in [3.63, 3.8) is 0 Å². The Morgan fingerprint density at radius 2 is 1.66 bits per heavy atom. The number of alkyl halides is 2. The maximum Gasteiger partial charge on any atom is 0.263 e. The zero-order valence-electron chi connectivity index (χ0n) is 15.9.